The van der Waals surface area contributed by atoms with E-state index in [-0.39, 0.29) is 10.3 Å². The van der Waals surface area contributed by atoms with Gasteiger partial charge in [0.05, 0.1) is 10.5 Å². The maximum absolute atomic E-state index is 12.6. The molecule has 1 aromatic rings. The van der Waals surface area contributed by atoms with Crippen molar-refractivity contribution in [3.63, 3.8) is 0 Å². The molecule has 0 radical (unpaired) electrons. The molecule has 5 rings (SSSR count). The zero-order chi connectivity index (χ0) is 20.4. The largest absolute Gasteiger partial charge is 0.390 e. The smallest absolute Gasteiger partial charge is 0.329 e. The van der Waals surface area contributed by atoms with E-state index in [1.807, 2.05) is 0 Å². The Labute approximate surface area is 167 Å². The van der Waals surface area contributed by atoms with E-state index in [9.17, 15) is 18.3 Å². The van der Waals surface area contributed by atoms with Crippen LogP contribution in [-0.4, -0.2) is 30.7 Å². The molecule has 7 heteroatoms. The van der Waals surface area contributed by atoms with Crippen LogP contribution in [0.15, 0.2) is 29.2 Å². The monoisotopic (exact) mass is 406 g/mol. The number of urea groups is 1. The molecule has 154 valence electrons. The lowest BCUT2D eigenvalue weighted by Crippen LogP contribution is -2.66. The minimum absolute atomic E-state index is 0.0693. The Morgan fingerprint density at radius 1 is 1.07 bits per heavy atom. The van der Waals surface area contributed by atoms with Crippen LogP contribution < -0.4 is 10.0 Å². The van der Waals surface area contributed by atoms with Gasteiger partial charge in [0.15, 0.2) is 0 Å². The molecule has 0 aliphatic heterocycles. The lowest BCUT2D eigenvalue weighted by Gasteiger charge is -2.60. The molecule has 0 heterocycles. The van der Waals surface area contributed by atoms with Gasteiger partial charge < -0.3 is 10.4 Å². The van der Waals surface area contributed by atoms with Crippen molar-refractivity contribution < 1.29 is 18.3 Å². The van der Waals surface area contributed by atoms with Gasteiger partial charge in [-0.15, -0.1) is 0 Å². The van der Waals surface area contributed by atoms with Crippen LogP contribution in [0.4, 0.5) is 4.79 Å². The minimum Gasteiger partial charge on any atom is -0.390 e. The lowest BCUT2D eigenvalue weighted by molar-refractivity contribution is -0.139. The van der Waals surface area contributed by atoms with Crippen LogP contribution >= 0.6 is 0 Å². The summed E-state index contributed by atoms with van der Waals surface area (Å²) in [6, 6.07) is 5.92. The van der Waals surface area contributed by atoms with Crippen LogP contribution in [-0.2, 0) is 15.4 Å². The molecule has 4 fully saturated rings. The molecule has 0 saturated heterocycles. The summed E-state index contributed by atoms with van der Waals surface area (Å²) in [5.74, 6) is 0.821. The number of hydrogen-bond donors (Lipinski definition) is 3. The molecule has 4 aliphatic rings. The fourth-order valence-electron chi connectivity index (χ4n) is 5.94. The second-order valence-corrected chi connectivity index (χ2v) is 12.0. The predicted octanol–water partition coefficient (Wildman–Crippen LogP) is 3.06. The second-order valence-electron chi connectivity index (χ2n) is 10.3. The first kappa shape index (κ1) is 19.7. The maximum Gasteiger partial charge on any atom is 0.329 e. The van der Waals surface area contributed by atoms with E-state index in [4.69, 9.17) is 0 Å². The van der Waals surface area contributed by atoms with Crippen LogP contribution in [0.2, 0.25) is 0 Å². The molecule has 1 aromatic carbocycles. The van der Waals surface area contributed by atoms with Gasteiger partial charge in [0.1, 0.15) is 0 Å². The van der Waals surface area contributed by atoms with Crippen molar-refractivity contribution in [2.45, 2.75) is 80.7 Å². The van der Waals surface area contributed by atoms with Gasteiger partial charge in [0.2, 0.25) is 0 Å². The third-order valence-corrected chi connectivity index (χ3v) is 8.01. The summed E-state index contributed by atoms with van der Waals surface area (Å²) in [7, 11) is -3.95. The highest BCUT2D eigenvalue weighted by atomic mass is 32.2. The molecule has 2 amide bonds. The Balaban J connectivity index is 1.46. The molecular weight excluding hydrogens is 376 g/mol. The zero-order valence-corrected chi connectivity index (χ0v) is 17.6. The topological polar surface area (TPSA) is 95.5 Å². The van der Waals surface area contributed by atoms with Crippen LogP contribution in [0.3, 0.4) is 0 Å². The number of aliphatic hydroxyl groups is 1. The fraction of sp³-hybridized carbons (Fsp3) is 0.667. The number of carbonyl (C=O) groups excluding carboxylic acids is 1. The van der Waals surface area contributed by atoms with Crippen molar-refractivity contribution in [3.05, 3.63) is 29.8 Å². The van der Waals surface area contributed by atoms with E-state index in [0.29, 0.717) is 18.3 Å². The van der Waals surface area contributed by atoms with Crippen molar-refractivity contribution in [1.29, 1.82) is 0 Å². The zero-order valence-electron chi connectivity index (χ0n) is 16.8. The first-order valence-corrected chi connectivity index (χ1v) is 11.5. The highest BCUT2D eigenvalue weighted by Crippen LogP contribution is 2.57. The third-order valence-electron chi connectivity index (χ3n) is 6.67. The number of benzene rings is 1. The van der Waals surface area contributed by atoms with E-state index < -0.39 is 27.2 Å². The summed E-state index contributed by atoms with van der Waals surface area (Å²) in [5, 5.41) is 13.7. The number of carbonyl (C=O) groups is 1. The molecular formula is C21H30N2O4S. The first-order valence-electron chi connectivity index (χ1n) is 10.1. The van der Waals surface area contributed by atoms with Crippen molar-refractivity contribution in [2.75, 3.05) is 0 Å². The van der Waals surface area contributed by atoms with Crippen molar-refractivity contribution in [2.24, 2.45) is 11.8 Å². The van der Waals surface area contributed by atoms with Crippen molar-refractivity contribution in [1.82, 2.24) is 10.0 Å². The summed E-state index contributed by atoms with van der Waals surface area (Å²) in [6.45, 7) is 6.17. The normalized spacial score (nSPS) is 34.3. The number of sulfonamides is 1. The van der Waals surface area contributed by atoms with Crippen LogP contribution in [0.1, 0.15) is 64.9 Å². The van der Waals surface area contributed by atoms with Gasteiger partial charge in [-0.05, 0) is 73.5 Å². The Morgan fingerprint density at radius 3 is 2.14 bits per heavy atom. The predicted molar refractivity (Wildman–Crippen MR) is 106 cm³/mol. The van der Waals surface area contributed by atoms with Gasteiger partial charge in [-0.2, -0.15) is 0 Å². The summed E-state index contributed by atoms with van der Waals surface area (Å²) >= 11 is 0. The number of nitrogens with one attached hydrogen (secondary N) is 2. The van der Waals surface area contributed by atoms with Gasteiger partial charge in [0.25, 0.3) is 10.0 Å². The Kier molecular flexibility index (Phi) is 4.36. The molecule has 0 aromatic heterocycles. The van der Waals surface area contributed by atoms with Crippen LogP contribution in [0.5, 0.6) is 0 Å². The molecule has 28 heavy (non-hydrogen) atoms. The quantitative estimate of drug-likeness (QED) is 0.719. The van der Waals surface area contributed by atoms with Gasteiger partial charge in [-0.25, -0.2) is 17.9 Å². The van der Waals surface area contributed by atoms with Gasteiger partial charge in [-0.1, -0.05) is 32.9 Å². The number of amides is 2. The molecule has 4 bridgehead atoms. The SMILES string of the molecule is CC(C)(C)c1ccc(S(=O)(=O)NC(=O)N[C@@]23C[C@@H]4C[C@@H](C[C@@](O)(C4)C2)C3)cc1. The van der Waals surface area contributed by atoms with E-state index >= 15 is 0 Å². The molecule has 3 N–H and O–H groups in total. The first-order chi connectivity index (χ1) is 12.9. The molecule has 0 spiro atoms. The summed E-state index contributed by atoms with van der Waals surface area (Å²) < 4.78 is 27.4. The van der Waals surface area contributed by atoms with E-state index in [1.165, 1.54) is 12.1 Å². The lowest BCUT2D eigenvalue weighted by atomic mass is 9.51. The van der Waals surface area contributed by atoms with Crippen molar-refractivity contribution >= 4 is 16.1 Å². The van der Waals surface area contributed by atoms with Crippen LogP contribution in [0, 0.1) is 11.8 Å². The molecule has 0 unspecified atom stereocenters. The summed E-state index contributed by atoms with van der Waals surface area (Å²) in [5.41, 5.74) is -0.253. The van der Waals surface area contributed by atoms with E-state index in [0.717, 1.165) is 37.7 Å². The average molecular weight is 407 g/mol. The number of rotatable bonds is 3. The Morgan fingerprint density at radius 2 is 1.64 bits per heavy atom. The standard InChI is InChI=1S/C21H30N2O4S/c1-19(2,3)16-4-6-17(7-5-16)28(26,27)23-18(24)22-20-9-14-8-15(10-20)12-21(25,11-14)13-20/h4-7,14-15,25H,8-13H2,1-3H3,(H2,22,23,24)/t14-,15+,20+,21-. The second kappa shape index (κ2) is 6.20. The van der Waals surface area contributed by atoms with Crippen LogP contribution in [0.25, 0.3) is 0 Å². The fourth-order valence-corrected chi connectivity index (χ4v) is 6.85. The number of hydrogen-bond acceptors (Lipinski definition) is 4. The average Bonchev–Trinajstić information content (AvgIpc) is 2.50. The summed E-state index contributed by atoms with van der Waals surface area (Å²) in [4.78, 5) is 12.6. The minimum atomic E-state index is -3.95. The van der Waals surface area contributed by atoms with Crippen molar-refractivity contribution in [3.8, 4) is 0 Å². The molecule has 4 aliphatic carbocycles. The molecule has 4 atom stereocenters. The highest BCUT2D eigenvalue weighted by Gasteiger charge is 2.57. The Hall–Kier alpha value is -1.60. The molecule has 4 saturated carbocycles. The van der Waals surface area contributed by atoms with E-state index in [1.54, 1.807) is 12.1 Å². The van der Waals surface area contributed by atoms with Gasteiger partial charge >= 0.3 is 6.03 Å². The van der Waals surface area contributed by atoms with E-state index in [2.05, 4.69) is 30.8 Å². The molecule has 6 nitrogen and oxygen atoms in total. The van der Waals surface area contributed by atoms with Gasteiger partial charge in [0, 0.05) is 5.54 Å². The third kappa shape index (κ3) is 3.66. The van der Waals surface area contributed by atoms with Gasteiger partial charge in [-0.3, -0.25) is 0 Å². The Bertz CT molecular complexity index is 872. The maximum atomic E-state index is 12.6. The summed E-state index contributed by atoms with van der Waals surface area (Å²) in [6.07, 6.45) is 4.85. The highest BCUT2D eigenvalue weighted by molar-refractivity contribution is 7.90.